The van der Waals surface area contributed by atoms with E-state index in [1.165, 1.54) is 6.42 Å². The van der Waals surface area contributed by atoms with Crippen molar-refractivity contribution in [3.63, 3.8) is 0 Å². The van der Waals surface area contributed by atoms with Gasteiger partial charge in [-0.05, 0) is 18.4 Å². The molecule has 108 valence electrons. The lowest BCUT2D eigenvalue weighted by atomic mass is 9.86. The fraction of sp³-hybridized carbons (Fsp3) is 0.471. The molecule has 1 unspecified atom stereocenters. The van der Waals surface area contributed by atoms with Crippen LogP contribution in [0, 0.1) is 28.6 Å². The van der Waals surface area contributed by atoms with Crippen LogP contribution >= 0.6 is 0 Å². The Kier molecular flexibility index (Phi) is 5.35. The van der Waals surface area contributed by atoms with Crippen LogP contribution in [0.4, 0.5) is 0 Å². The fourth-order valence-electron chi connectivity index (χ4n) is 2.87. The predicted octanol–water partition coefficient (Wildman–Crippen LogP) is 2.88. The third-order valence-electron chi connectivity index (χ3n) is 4.00. The molecule has 1 amide bonds. The third-order valence-corrected chi connectivity index (χ3v) is 4.00. The van der Waals surface area contributed by atoms with Crippen molar-refractivity contribution in [3.8, 4) is 12.1 Å². The van der Waals surface area contributed by atoms with Crippen molar-refractivity contribution in [2.45, 2.75) is 44.1 Å². The molecule has 1 saturated carbocycles. The topological polar surface area (TPSA) is 76.7 Å². The molecule has 0 saturated heterocycles. The molecule has 0 aromatic heterocycles. The van der Waals surface area contributed by atoms with E-state index in [0.29, 0.717) is 0 Å². The van der Waals surface area contributed by atoms with Gasteiger partial charge in [0.25, 0.3) is 0 Å². The number of hydrogen-bond donors (Lipinski definition) is 1. The third kappa shape index (κ3) is 3.83. The zero-order valence-electron chi connectivity index (χ0n) is 12.0. The lowest BCUT2D eigenvalue weighted by Gasteiger charge is -2.26. The van der Waals surface area contributed by atoms with Crippen LogP contribution in [-0.4, -0.2) is 11.9 Å². The van der Waals surface area contributed by atoms with E-state index >= 15 is 0 Å². The Bertz CT molecular complexity index is 536. The minimum absolute atomic E-state index is 0.176. The molecule has 0 aliphatic heterocycles. The van der Waals surface area contributed by atoms with Crippen molar-refractivity contribution in [1.29, 1.82) is 10.5 Å². The maximum Gasteiger partial charge on any atom is 0.230 e. The largest absolute Gasteiger partial charge is 0.353 e. The van der Waals surface area contributed by atoms with Gasteiger partial charge in [-0.15, -0.1) is 0 Å². The van der Waals surface area contributed by atoms with E-state index in [-0.39, 0.29) is 11.9 Å². The van der Waals surface area contributed by atoms with Crippen molar-refractivity contribution in [2.75, 3.05) is 0 Å². The summed E-state index contributed by atoms with van der Waals surface area (Å²) in [5.41, 5.74) is 0.721. The number of nitrogens with one attached hydrogen (secondary N) is 1. The monoisotopic (exact) mass is 281 g/mol. The van der Waals surface area contributed by atoms with Crippen molar-refractivity contribution in [3.05, 3.63) is 35.9 Å². The summed E-state index contributed by atoms with van der Waals surface area (Å²) >= 11 is 0. The number of nitriles is 2. The number of benzene rings is 1. The number of amides is 1. The predicted molar refractivity (Wildman–Crippen MR) is 78.9 cm³/mol. The highest BCUT2D eigenvalue weighted by molar-refractivity contribution is 5.85. The SMILES string of the molecule is N#CC(C#N)C(C(=O)NC1CCCCC1)c1ccccc1. The summed E-state index contributed by atoms with van der Waals surface area (Å²) in [6.45, 7) is 0. The molecule has 0 heterocycles. The van der Waals surface area contributed by atoms with E-state index in [1.54, 1.807) is 12.1 Å². The summed E-state index contributed by atoms with van der Waals surface area (Å²) < 4.78 is 0. The highest BCUT2D eigenvalue weighted by Gasteiger charge is 2.31. The number of nitrogens with zero attached hydrogens (tertiary/aromatic N) is 2. The Morgan fingerprint density at radius 3 is 2.29 bits per heavy atom. The maximum atomic E-state index is 12.6. The lowest BCUT2D eigenvalue weighted by Crippen LogP contribution is -2.40. The highest BCUT2D eigenvalue weighted by Crippen LogP contribution is 2.26. The molecular formula is C17H19N3O. The standard InChI is InChI=1S/C17H19N3O/c18-11-14(12-19)16(13-7-3-1-4-8-13)17(21)20-15-9-5-2-6-10-15/h1,3-4,7-8,14-16H,2,5-6,9-10H2,(H,20,21). The first kappa shape index (κ1) is 15.1. The highest BCUT2D eigenvalue weighted by atomic mass is 16.2. The Hall–Kier alpha value is -2.33. The summed E-state index contributed by atoms with van der Waals surface area (Å²) in [7, 11) is 0. The first-order valence-corrected chi connectivity index (χ1v) is 7.41. The number of rotatable bonds is 4. The lowest BCUT2D eigenvalue weighted by molar-refractivity contribution is -0.123. The zero-order valence-corrected chi connectivity index (χ0v) is 12.0. The second-order valence-corrected chi connectivity index (χ2v) is 5.47. The van der Waals surface area contributed by atoms with Gasteiger partial charge in [0.1, 0.15) is 5.92 Å². The van der Waals surface area contributed by atoms with Gasteiger partial charge in [0.2, 0.25) is 5.91 Å². The molecule has 1 atom stereocenters. The zero-order chi connectivity index (χ0) is 15.1. The van der Waals surface area contributed by atoms with Crippen molar-refractivity contribution in [2.24, 2.45) is 5.92 Å². The molecule has 4 nitrogen and oxygen atoms in total. The summed E-state index contributed by atoms with van der Waals surface area (Å²) in [6.07, 6.45) is 5.43. The van der Waals surface area contributed by atoms with Crippen molar-refractivity contribution >= 4 is 5.91 Å². The molecule has 1 aliphatic carbocycles. The van der Waals surface area contributed by atoms with Crippen LogP contribution in [0.5, 0.6) is 0 Å². The molecule has 0 spiro atoms. The van der Waals surface area contributed by atoms with Gasteiger partial charge in [-0.2, -0.15) is 10.5 Å². The van der Waals surface area contributed by atoms with Crippen LogP contribution in [0.25, 0.3) is 0 Å². The molecule has 2 rings (SSSR count). The molecule has 0 radical (unpaired) electrons. The average molecular weight is 281 g/mol. The van der Waals surface area contributed by atoms with Crippen LogP contribution < -0.4 is 5.32 Å². The molecule has 1 aromatic rings. The van der Waals surface area contributed by atoms with Gasteiger partial charge in [-0.3, -0.25) is 4.79 Å². The first-order chi connectivity index (χ1) is 10.3. The molecular weight excluding hydrogens is 262 g/mol. The Labute approximate surface area is 125 Å². The van der Waals surface area contributed by atoms with Gasteiger partial charge in [0.15, 0.2) is 0 Å². The Balaban J connectivity index is 2.17. The maximum absolute atomic E-state index is 12.6. The summed E-state index contributed by atoms with van der Waals surface area (Å²) in [5.74, 6) is -1.89. The van der Waals surface area contributed by atoms with E-state index in [0.717, 1.165) is 31.2 Å². The van der Waals surface area contributed by atoms with Gasteiger partial charge < -0.3 is 5.32 Å². The van der Waals surface area contributed by atoms with E-state index in [1.807, 2.05) is 30.3 Å². The Morgan fingerprint density at radius 2 is 1.71 bits per heavy atom. The van der Waals surface area contributed by atoms with Crippen molar-refractivity contribution < 1.29 is 4.79 Å². The molecule has 1 N–H and O–H groups in total. The van der Waals surface area contributed by atoms with E-state index < -0.39 is 11.8 Å². The second kappa shape index (κ2) is 7.45. The smallest absolute Gasteiger partial charge is 0.230 e. The van der Waals surface area contributed by atoms with Gasteiger partial charge in [-0.1, -0.05) is 49.6 Å². The molecule has 1 aliphatic rings. The van der Waals surface area contributed by atoms with Gasteiger partial charge in [-0.25, -0.2) is 0 Å². The van der Waals surface area contributed by atoms with Crippen LogP contribution in [0.1, 0.15) is 43.6 Å². The van der Waals surface area contributed by atoms with Crippen LogP contribution in [0.2, 0.25) is 0 Å². The molecule has 0 bridgehead atoms. The summed E-state index contributed by atoms with van der Waals surface area (Å²) in [5, 5.41) is 21.3. The minimum Gasteiger partial charge on any atom is -0.353 e. The van der Waals surface area contributed by atoms with Crippen molar-refractivity contribution in [1.82, 2.24) is 5.32 Å². The Morgan fingerprint density at radius 1 is 1.10 bits per heavy atom. The minimum atomic E-state index is -0.962. The number of carbonyl (C=O) groups excluding carboxylic acids is 1. The second-order valence-electron chi connectivity index (χ2n) is 5.47. The number of hydrogen-bond acceptors (Lipinski definition) is 3. The first-order valence-electron chi connectivity index (χ1n) is 7.41. The van der Waals surface area contributed by atoms with E-state index in [9.17, 15) is 4.79 Å². The number of carbonyl (C=O) groups is 1. The fourth-order valence-corrected chi connectivity index (χ4v) is 2.87. The molecule has 1 aromatic carbocycles. The quantitative estimate of drug-likeness (QED) is 0.921. The average Bonchev–Trinajstić information content (AvgIpc) is 2.54. The van der Waals surface area contributed by atoms with Crippen LogP contribution in [0.15, 0.2) is 30.3 Å². The van der Waals surface area contributed by atoms with Gasteiger partial charge in [0.05, 0.1) is 18.1 Å². The van der Waals surface area contributed by atoms with E-state index in [4.69, 9.17) is 10.5 Å². The molecule has 1 fully saturated rings. The van der Waals surface area contributed by atoms with Gasteiger partial charge >= 0.3 is 0 Å². The summed E-state index contributed by atoms with van der Waals surface area (Å²) in [4.78, 5) is 12.6. The molecule has 4 heteroatoms. The van der Waals surface area contributed by atoms with Gasteiger partial charge in [0, 0.05) is 6.04 Å². The molecule has 21 heavy (non-hydrogen) atoms. The van der Waals surface area contributed by atoms with E-state index in [2.05, 4.69) is 5.32 Å². The normalized spacial score (nSPS) is 16.7. The summed E-state index contributed by atoms with van der Waals surface area (Å²) in [6, 6.07) is 13.2. The van der Waals surface area contributed by atoms with Crippen LogP contribution in [0.3, 0.4) is 0 Å². The van der Waals surface area contributed by atoms with Crippen LogP contribution in [-0.2, 0) is 4.79 Å².